The zero-order valence-electron chi connectivity index (χ0n) is 20.4. The Morgan fingerprint density at radius 2 is 1.36 bits per heavy atom. The first kappa shape index (κ1) is 26.2. The second-order valence-corrected chi connectivity index (χ2v) is 9.76. The van der Waals surface area contributed by atoms with E-state index >= 15 is 8.78 Å². The third-order valence-electron chi connectivity index (χ3n) is 7.27. The van der Waals surface area contributed by atoms with Crippen molar-refractivity contribution in [1.82, 2.24) is 0 Å². The fourth-order valence-electron chi connectivity index (χ4n) is 5.16. The number of hydrogen-bond donors (Lipinski definition) is 0. The van der Waals surface area contributed by atoms with Gasteiger partial charge in [0.1, 0.15) is 11.6 Å². The summed E-state index contributed by atoms with van der Waals surface area (Å²) in [5.41, 5.74) is 0.474. The molecule has 36 heavy (non-hydrogen) atoms. The molecule has 4 rings (SSSR count). The normalized spacial score (nSPS) is 17.8. The van der Waals surface area contributed by atoms with Crippen molar-refractivity contribution in [3.63, 3.8) is 0 Å². The standard InChI is InChI=1S/C30H31F5O/c1-2-3-7-19-10-12-20(13-11-19)14-15-23-25(31)18-24(21-8-5-4-6-9-21)30(28(23)34)36-22-16-26(32)29(35)27(33)17-22/h4-6,8-9,16-20H,2-3,7,10-15H2,1H3/t19-,20-. The lowest BCUT2D eigenvalue weighted by Gasteiger charge is -2.28. The molecule has 0 N–H and O–H groups in total. The smallest absolute Gasteiger partial charge is 0.194 e. The largest absolute Gasteiger partial charge is 0.453 e. The first-order valence-electron chi connectivity index (χ1n) is 12.8. The topological polar surface area (TPSA) is 9.23 Å². The van der Waals surface area contributed by atoms with E-state index in [1.807, 2.05) is 0 Å². The van der Waals surface area contributed by atoms with Gasteiger partial charge in [0, 0.05) is 23.3 Å². The van der Waals surface area contributed by atoms with E-state index < -0.39 is 34.8 Å². The molecule has 1 aliphatic rings. The molecule has 3 aromatic rings. The highest BCUT2D eigenvalue weighted by molar-refractivity contribution is 5.72. The third-order valence-corrected chi connectivity index (χ3v) is 7.27. The Labute approximate surface area is 209 Å². The maximum absolute atomic E-state index is 15.8. The molecule has 0 aromatic heterocycles. The molecule has 1 nitrogen and oxygen atoms in total. The van der Waals surface area contributed by atoms with Crippen molar-refractivity contribution in [3.8, 4) is 22.6 Å². The first-order valence-corrected chi connectivity index (χ1v) is 12.8. The molecule has 0 saturated heterocycles. The van der Waals surface area contributed by atoms with Crippen LogP contribution in [-0.4, -0.2) is 0 Å². The van der Waals surface area contributed by atoms with E-state index in [1.54, 1.807) is 30.3 Å². The third kappa shape index (κ3) is 6.08. The Bertz CT molecular complexity index is 1150. The van der Waals surface area contributed by atoms with Gasteiger partial charge in [-0.15, -0.1) is 0 Å². The van der Waals surface area contributed by atoms with E-state index in [2.05, 4.69) is 6.92 Å². The Kier molecular flexibility index (Phi) is 8.65. The molecule has 0 unspecified atom stereocenters. The molecule has 3 aromatic carbocycles. The van der Waals surface area contributed by atoms with Gasteiger partial charge in [-0.3, -0.25) is 0 Å². The summed E-state index contributed by atoms with van der Waals surface area (Å²) in [5.74, 6) is -5.75. The molecule has 192 valence electrons. The minimum Gasteiger partial charge on any atom is -0.453 e. The van der Waals surface area contributed by atoms with E-state index in [9.17, 15) is 13.2 Å². The van der Waals surface area contributed by atoms with Crippen molar-refractivity contribution in [2.45, 2.75) is 64.7 Å². The quantitative estimate of drug-likeness (QED) is 0.209. The van der Waals surface area contributed by atoms with Crippen LogP contribution in [0.5, 0.6) is 11.5 Å². The van der Waals surface area contributed by atoms with Gasteiger partial charge in [0.05, 0.1) is 0 Å². The molecule has 0 radical (unpaired) electrons. The number of halogens is 5. The van der Waals surface area contributed by atoms with Crippen LogP contribution in [-0.2, 0) is 6.42 Å². The van der Waals surface area contributed by atoms with Gasteiger partial charge in [0.25, 0.3) is 0 Å². The lowest BCUT2D eigenvalue weighted by molar-refractivity contribution is 0.249. The van der Waals surface area contributed by atoms with E-state index in [1.165, 1.54) is 25.3 Å². The van der Waals surface area contributed by atoms with Gasteiger partial charge < -0.3 is 4.74 Å². The zero-order valence-corrected chi connectivity index (χ0v) is 20.4. The van der Waals surface area contributed by atoms with Crippen molar-refractivity contribution in [2.75, 3.05) is 0 Å². The summed E-state index contributed by atoms with van der Waals surface area (Å²) in [6.45, 7) is 2.19. The van der Waals surface area contributed by atoms with Gasteiger partial charge in [-0.1, -0.05) is 82.2 Å². The number of benzene rings is 3. The average molecular weight is 503 g/mol. The van der Waals surface area contributed by atoms with Crippen LogP contribution in [0, 0.1) is 40.9 Å². The highest BCUT2D eigenvalue weighted by atomic mass is 19.2. The predicted molar refractivity (Wildman–Crippen MR) is 131 cm³/mol. The predicted octanol–water partition coefficient (Wildman–Crippen LogP) is 9.77. The second-order valence-electron chi connectivity index (χ2n) is 9.76. The molecule has 0 atom stereocenters. The highest BCUT2D eigenvalue weighted by Gasteiger charge is 2.25. The van der Waals surface area contributed by atoms with Crippen molar-refractivity contribution in [1.29, 1.82) is 0 Å². The molecular weight excluding hydrogens is 471 g/mol. The Balaban J connectivity index is 1.60. The Hall–Kier alpha value is -2.89. The van der Waals surface area contributed by atoms with E-state index in [0.29, 0.717) is 30.0 Å². The maximum Gasteiger partial charge on any atom is 0.194 e. The molecule has 0 spiro atoms. The maximum atomic E-state index is 15.8. The molecule has 0 heterocycles. The van der Waals surface area contributed by atoms with Crippen LogP contribution < -0.4 is 4.74 Å². The summed E-state index contributed by atoms with van der Waals surface area (Å²) in [4.78, 5) is 0. The molecule has 1 saturated carbocycles. The number of ether oxygens (including phenoxy) is 1. The molecule has 6 heteroatoms. The van der Waals surface area contributed by atoms with Crippen LogP contribution in [0.4, 0.5) is 22.0 Å². The van der Waals surface area contributed by atoms with Crippen LogP contribution in [0.25, 0.3) is 11.1 Å². The monoisotopic (exact) mass is 502 g/mol. The summed E-state index contributed by atoms with van der Waals surface area (Å²) < 4.78 is 77.5. The van der Waals surface area contributed by atoms with Crippen molar-refractivity contribution in [3.05, 3.63) is 83.2 Å². The molecular formula is C30H31F5O. The second kappa shape index (κ2) is 11.9. The summed E-state index contributed by atoms with van der Waals surface area (Å²) in [5, 5.41) is 0. The zero-order chi connectivity index (χ0) is 25.7. The van der Waals surface area contributed by atoms with Crippen LogP contribution in [0.3, 0.4) is 0 Å². The van der Waals surface area contributed by atoms with E-state index in [-0.39, 0.29) is 23.3 Å². The minimum absolute atomic E-state index is 0.107. The number of rotatable bonds is 9. The first-order chi connectivity index (χ1) is 17.4. The number of unbranched alkanes of at least 4 members (excludes halogenated alkanes) is 1. The van der Waals surface area contributed by atoms with Crippen LogP contribution in [0.1, 0.15) is 63.9 Å². The van der Waals surface area contributed by atoms with Gasteiger partial charge in [0.2, 0.25) is 0 Å². The van der Waals surface area contributed by atoms with Crippen LogP contribution >= 0.6 is 0 Å². The Morgan fingerprint density at radius 1 is 0.750 bits per heavy atom. The van der Waals surface area contributed by atoms with Crippen molar-refractivity contribution in [2.24, 2.45) is 11.8 Å². The van der Waals surface area contributed by atoms with Gasteiger partial charge in [0.15, 0.2) is 29.0 Å². The molecule has 1 aliphatic carbocycles. The van der Waals surface area contributed by atoms with E-state index in [0.717, 1.165) is 31.6 Å². The molecule has 0 bridgehead atoms. The summed E-state index contributed by atoms with van der Waals surface area (Å²) >= 11 is 0. The van der Waals surface area contributed by atoms with Crippen molar-refractivity contribution < 1.29 is 26.7 Å². The van der Waals surface area contributed by atoms with Gasteiger partial charge in [-0.05, 0) is 36.3 Å². The molecule has 0 amide bonds. The minimum atomic E-state index is -1.64. The Morgan fingerprint density at radius 3 is 1.97 bits per heavy atom. The van der Waals surface area contributed by atoms with Crippen LogP contribution in [0.15, 0.2) is 48.5 Å². The lowest BCUT2D eigenvalue weighted by Crippen LogP contribution is -2.15. The van der Waals surface area contributed by atoms with Gasteiger partial charge in [-0.25, -0.2) is 22.0 Å². The summed E-state index contributed by atoms with van der Waals surface area (Å²) in [6.07, 6.45) is 8.94. The average Bonchev–Trinajstić information content (AvgIpc) is 2.88. The fourth-order valence-corrected chi connectivity index (χ4v) is 5.16. The lowest BCUT2D eigenvalue weighted by atomic mass is 9.78. The fraction of sp³-hybridized carbons (Fsp3) is 0.400. The van der Waals surface area contributed by atoms with Gasteiger partial charge >= 0.3 is 0 Å². The highest BCUT2D eigenvalue weighted by Crippen LogP contribution is 2.40. The van der Waals surface area contributed by atoms with Crippen molar-refractivity contribution >= 4 is 0 Å². The summed E-state index contributed by atoms with van der Waals surface area (Å²) in [6, 6.07) is 11.0. The molecule has 0 aliphatic heterocycles. The summed E-state index contributed by atoms with van der Waals surface area (Å²) in [7, 11) is 0. The SMILES string of the molecule is CCCC[C@H]1CC[C@H](CCc2c(F)cc(-c3ccccc3)c(Oc3cc(F)c(F)c(F)c3)c2F)CC1. The van der Waals surface area contributed by atoms with Gasteiger partial charge in [-0.2, -0.15) is 0 Å². The van der Waals surface area contributed by atoms with E-state index in [4.69, 9.17) is 4.74 Å². The van der Waals surface area contributed by atoms with Crippen LogP contribution in [0.2, 0.25) is 0 Å². The molecule has 1 fully saturated rings. The number of hydrogen-bond acceptors (Lipinski definition) is 1.